The van der Waals surface area contributed by atoms with Gasteiger partial charge in [0.05, 0.1) is 0 Å². The first-order chi connectivity index (χ1) is 6.65. The quantitative estimate of drug-likeness (QED) is 0.563. The topological polar surface area (TPSA) is 26.3 Å². The fraction of sp³-hybridized carbons (Fsp3) is 1.00. The zero-order chi connectivity index (χ0) is 13.6. The number of rotatable bonds is 2. The van der Waals surface area contributed by atoms with E-state index >= 15 is 0 Å². The van der Waals surface area contributed by atoms with Gasteiger partial charge in [-0.25, -0.2) is 0 Å². The second-order valence-electron chi connectivity index (χ2n) is 7.91. The van der Waals surface area contributed by atoms with Crippen molar-refractivity contribution in [3.63, 3.8) is 0 Å². The monoisotopic (exact) mass is 267 g/mol. The Balaban J connectivity index is 0. The molecule has 0 aromatic carbocycles. The molecular weight excluding hydrogens is 237 g/mol. The molecule has 0 heterocycles. The maximum absolute atomic E-state index is 12.8. The first-order valence-electron chi connectivity index (χ1n) is 6.13. The van der Waals surface area contributed by atoms with Crippen LogP contribution in [0.25, 0.3) is 0 Å². The van der Waals surface area contributed by atoms with Crippen LogP contribution in [-0.2, 0) is 0 Å². The van der Waals surface area contributed by atoms with Crippen LogP contribution in [0.4, 0.5) is 0 Å². The molecule has 0 spiro atoms. The Labute approximate surface area is 122 Å². The third-order valence-electron chi connectivity index (χ3n) is 4.69. The Bertz CT molecular complexity index is 228. The molecule has 0 fully saturated rings. The van der Waals surface area contributed by atoms with Gasteiger partial charge in [-0.05, 0) is 10.1 Å². The summed E-state index contributed by atoms with van der Waals surface area (Å²) in [5, 5.41) is 13.1. The van der Waals surface area contributed by atoms with Gasteiger partial charge in [-0.15, -0.1) is 0 Å². The Hall–Kier alpha value is 0.951. The van der Waals surface area contributed by atoms with Gasteiger partial charge in [-0.3, -0.25) is 0 Å². The molecular formula is C12H30LiNOSi2. The van der Waals surface area contributed by atoms with Crippen molar-refractivity contribution in [3.8, 4) is 0 Å². The fourth-order valence-corrected chi connectivity index (χ4v) is 10.1. The molecule has 0 aromatic rings. The molecule has 0 amide bonds. The molecule has 0 rings (SSSR count). The largest absolute Gasteiger partial charge is 1.00 e. The summed E-state index contributed by atoms with van der Waals surface area (Å²) >= 11 is 0. The van der Waals surface area contributed by atoms with Gasteiger partial charge in [-0.2, -0.15) is 0 Å². The van der Waals surface area contributed by atoms with E-state index in [1.54, 1.807) is 4.39 Å². The predicted molar refractivity (Wildman–Crippen MR) is 79.6 cm³/mol. The van der Waals surface area contributed by atoms with E-state index in [0.717, 1.165) is 0 Å². The molecule has 0 radical (unpaired) electrons. The maximum Gasteiger partial charge on any atom is 1.00 e. The van der Waals surface area contributed by atoms with Crippen LogP contribution < -0.4 is 18.9 Å². The molecule has 0 aromatic heterocycles. The molecule has 0 N–H and O–H groups in total. The third-order valence-corrected chi connectivity index (χ3v) is 17.4. The van der Waals surface area contributed by atoms with Crippen molar-refractivity contribution < 1.29 is 18.9 Å². The average molecular weight is 267 g/mol. The van der Waals surface area contributed by atoms with E-state index in [2.05, 4.69) is 67.7 Å². The van der Waals surface area contributed by atoms with Crippen molar-refractivity contribution in [2.24, 2.45) is 0 Å². The summed E-state index contributed by atoms with van der Waals surface area (Å²) in [7, 11) is -3.83. The minimum atomic E-state index is -1.91. The molecule has 2 nitrogen and oxygen atoms in total. The maximum atomic E-state index is 12.8. The van der Waals surface area contributed by atoms with Crippen LogP contribution in [0.3, 0.4) is 0 Å². The molecule has 0 aliphatic carbocycles. The number of hydrogen-bond acceptors (Lipinski definition) is 2. The molecule has 0 atom stereocenters. The minimum Gasteiger partial charge on any atom is -0.798 e. The van der Waals surface area contributed by atoms with Gasteiger partial charge in [0, 0.05) is 0 Å². The second kappa shape index (κ2) is 5.52. The van der Waals surface area contributed by atoms with Gasteiger partial charge in [0.25, 0.3) is 0 Å². The molecule has 0 unspecified atom stereocenters. The van der Waals surface area contributed by atoms with Crippen molar-refractivity contribution in [2.45, 2.75) is 77.8 Å². The van der Waals surface area contributed by atoms with Crippen molar-refractivity contribution >= 4 is 16.5 Å². The Kier molecular flexibility index (Phi) is 6.58. The summed E-state index contributed by atoms with van der Waals surface area (Å²) < 4.78 is 1.57. The second-order valence-corrected chi connectivity index (χ2v) is 18.4. The summed E-state index contributed by atoms with van der Waals surface area (Å²) in [4.78, 5) is 0. The van der Waals surface area contributed by atoms with Crippen LogP contribution in [0.1, 0.15) is 41.5 Å². The number of nitrogens with zero attached hydrogens (tertiary/aromatic N) is 1. The van der Waals surface area contributed by atoms with Crippen LogP contribution in [0.15, 0.2) is 0 Å². The Morgan fingerprint density at radius 2 is 0.882 bits per heavy atom. The van der Waals surface area contributed by atoms with E-state index in [4.69, 9.17) is 0 Å². The summed E-state index contributed by atoms with van der Waals surface area (Å²) in [6.45, 7) is 22.1. The van der Waals surface area contributed by atoms with Crippen LogP contribution in [0.2, 0.25) is 36.3 Å². The van der Waals surface area contributed by atoms with Crippen molar-refractivity contribution in [2.75, 3.05) is 0 Å². The van der Waals surface area contributed by atoms with E-state index in [1.807, 2.05) is 0 Å². The van der Waals surface area contributed by atoms with Gasteiger partial charge in [-0.1, -0.05) is 67.7 Å². The van der Waals surface area contributed by atoms with E-state index in [-0.39, 0.29) is 28.9 Å². The van der Waals surface area contributed by atoms with Gasteiger partial charge < -0.3 is 9.60 Å². The molecule has 5 heteroatoms. The Morgan fingerprint density at radius 3 is 1.00 bits per heavy atom. The van der Waals surface area contributed by atoms with Crippen molar-refractivity contribution in [1.29, 1.82) is 0 Å². The van der Waals surface area contributed by atoms with Gasteiger partial charge in [0.1, 0.15) is 16.5 Å². The van der Waals surface area contributed by atoms with Crippen molar-refractivity contribution in [3.05, 3.63) is 5.21 Å². The standard InChI is InChI=1S/C12H30NOSi2.Li/c1-11(2,3)15(7,8)13(14)16(9,10)12(4,5)6;/h1-10H3;/q-1;+1. The van der Waals surface area contributed by atoms with E-state index < -0.39 is 16.5 Å². The van der Waals surface area contributed by atoms with Gasteiger partial charge >= 0.3 is 18.9 Å². The molecule has 0 saturated carbocycles. The van der Waals surface area contributed by atoms with Crippen molar-refractivity contribution in [1.82, 2.24) is 4.39 Å². The predicted octanol–water partition coefficient (Wildman–Crippen LogP) is 1.80. The van der Waals surface area contributed by atoms with Gasteiger partial charge in [0.2, 0.25) is 0 Å². The zero-order valence-corrected chi connectivity index (χ0v) is 15.9. The third kappa shape index (κ3) is 3.96. The first-order valence-corrected chi connectivity index (χ1v) is 12.0. The molecule has 0 aliphatic heterocycles. The molecule has 98 valence electrons. The normalized spacial score (nSPS) is 14.8. The van der Waals surface area contributed by atoms with E-state index in [1.165, 1.54) is 0 Å². The average Bonchev–Trinajstić information content (AvgIpc) is 1.98. The van der Waals surface area contributed by atoms with Crippen LogP contribution in [-0.4, -0.2) is 20.9 Å². The zero-order valence-electron chi connectivity index (χ0n) is 13.9. The summed E-state index contributed by atoms with van der Waals surface area (Å²) in [6.07, 6.45) is 0. The Morgan fingerprint density at radius 1 is 0.706 bits per heavy atom. The molecule has 0 aliphatic rings. The molecule has 17 heavy (non-hydrogen) atoms. The first kappa shape index (κ1) is 20.3. The minimum absolute atomic E-state index is 0. The summed E-state index contributed by atoms with van der Waals surface area (Å²) in [5.41, 5.74) is 0. The van der Waals surface area contributed by atoms with E-state index in [0.29, 0.717) is 0 Å². The van der Waals surface area contributed by atoms with Gasteiger partial charge in [0.15, 0.2) is 0 Å². The SMILES string of the molecule is CC(C)(C)[Si](C)(C)N([O-])[Si](C)(C)C(C)(C)C.[Li+]. The van der Waals surface area contributed by atoms with Crippen LogP contribution >= 0.6 is 0 Å². The van der Waals surface area contributed by atoms with E-state index in [9.17, 15) is 5.21 Å². The van der Waals surface area contributed by atoms with Crippen LogP contribution in [0.5, 0.6) is 0 Å². The summed E-state index contributed by atoms with van der Waals surface area (Å²) in [5.74, 6) is 0. The fourth-order valence-electron chi connectivity index (χ4n) is 1.31. The smallest absolute Gasteiger partial charge is 0.798 e. The number of hydrogen-bond donors (Lipinski definition) is 0. The van der Waals surface area contributed by atoms with Crippen LogP contribution in [0, 0.1) is 5.21 Å². The summed E-state index contributed by atoms with van der Waals surface area (Å²) in [6, 6.07) is 0. The molecule has 0 saturated heterocycles. The molecule has 0 bridgehead atoms.